The molecule has 53 heavy (non-hydrogen) atoms. The molecule has 21 nitrogen and oxygen atoms in total. The van der Waals surface area contributed by atoms with Crippen LogP contribution in [0.5, 0.6) is 46.0 Å². The quantitative estimate of drug-likeness (QED) is 0.136. The van der Waals surface area contributed by atoms with Crippen LogP contribution in [0.4, 0.5) is 0 Å². The van der Waals surface area contributed by atoms with E-state index >= 15 is 0 Å². The molecule has 20 N–H and O–H groups in total. The summed E-state index contributed by atoms with van der Waals surface area (Å²) in [5.74, 6) is -6.83. The van der Waals surface area contributed by atoms with Crippen LogP contribution < -0.4 is 0 Å². The summed E-state index contributed by atoms with van der Waals surface area (Å²) in [5.41, 5.74) is -0.546. The molecule has 0 amide bonds. The Morgan fingerprint density at radius 1 is 0.340 bits per heavy atom. The number of rotatable bonds is 4. The van der Waals surface area contributed by atoms with Crippen LogP contribution in [0.1, 0.15) is 54.3 Å². The molecule has 0 aromatic heterocycles. The summed E-state index contributed by atoms with van der Waals surface area (Å²) in [6.07, 6.45) is 2.56. The van der Waals surface area contributed by atoms with Crippen molar-refractivity contribution in [2.75, 3.05) is 13.2 Å². The fourth-order valence-corrected chi connectivity index (χ4v) is 3.38. The fraction of sp³-hybridized carbons (Fsp3) is 0.125. The number of aromatic carboxylic acids is 4. The molecular formula is C32H40O21. The minimum absolute atomic E-state index is 0. The highest BCUT2D eigenvalue weighted by Crippen LogP contribution is 2.22. The lowest BCUT2D eigenvalue weighted by Gasteiger charge is -1.96. The zero-order valence-electron chi connectivity index (χ0n) is 27.2. The molecule has 0 atom stereocenters. The molecular weight excluding hydrogens is 720 g/mol. The van der Waals surface area contributed by atoms with Crippen molar-refractivity contribution in [3.05, 3.63) is 95.1 Å². The molecule has 0 spiro atoms. The molecule has 0 radical (unpaired) electrons. The number of ether oxygens (including phenoxy) is 1. The summed E-state index contributed by atoms with van der Waals surface area (Å²) in [4.78, 5) is 41.1. The van der Waals surface area contributed by atoms with Crippen molar-refractivity contribution < 1.29 is 107 Å². The molecule has 294 valence electrons. The van der Waals surface area contributed by atoms with Gasteiger partial charge in [-0.3, -0.25) is 0 Å². The first kappa shape index (κ1) is 52.8. The van der Waals surface area contributed by atoms with Gasteiger partial charge >= 0.3 is 23.9 Å². The van der Waals surface area contributed by atoms with E-state index in [9.17, 15) is 19.2 Å². The van der Waals surface area contributed by atoms with Crippen LogP contribution in [0.3, 0.4) is 0 Å². The van der Waals surface area contributed by atoms with Gasteiger partial charge in [0.25, 0.3) is 0 Å². The summed E-state index contributed by atoms with van der Waals surface area (Å²) in [5, 5.41) is 104. The average molecular weight is 761 g/mol. The number of phenols is 8. The topological polar surface area (TPSA) is 446 Å². The first-order valence-electron chi connectivity index (χ1n) is 13.5. The zero-order chi connectivity index (χ0) is 37.3. The Kier molecular flexibility index (Phi) is 25.7. The van der Waals surface area contributed by atoms with Crippen LogP contribution in [0.15, 0.2) is 72.8 Å². The van der Waals surface area contributed by atoms with E-state index in [1.54, 1.807) is 0 Å². The van der Waals surface area contributed by atoms with Gasteiger partial charge in [0, 0.05) is 37.5 Å². The van der Waals surface area contributed by atoms with E-state index in [4.69, 9.17) is 66.0 Å². The number of carboxylic acids is 4. The third-order valence-corrected chi connectivity index (χ3v) is 5.43. The minimum Gasteiger partial charge on any atom is -0.508 e. The van der Waals surface area contributed by atoms with Crippen LogP contribution >= 0.6 is 0 Å². The van der Waals surface area contributed by atoms with Crippen LogP contribution in [-0.4, -0.2) is 120 Å². The van der Waals surface area contributed by atoms with Crippen LogP contribution in [-0.2, 0) is 4.74 Å². The van der Waals surface area contributed by atoms with E-state index in [0.29, 0.717) is 0 Å². The molecule has 1 aliphatic rings. The Morgan fingerprint density at radius 2 is 0.491 bits per heavy atom. The van der Waals surface area contributed by atoms with Crippen LogP contribution in [0.25, 0.3) is 0 Å². The summed E-state index contributed by atoms with van der Waals surface area (Å²) in [6, 6.07) is 12.7. The van der Waals surface area contributed by atoms with Gasteiger partial charge in [0.2, 0.25) is 0 Å². The molecule has 0 bridgehead atoms. The van der Waals surface area contributed by atoms with Gasteiger partial charge in [0.1, 0.15) is 46.0 Å². The summed E-state index contributed by atoms with van der Waals surface area (Å²) in [6.45, 7) is 2.00. The number of hydrogen-bond acceptors (Lipinski definition) is 13. The number of hydrogen-bond donors (Lipinski definition) is 12. The molecule has 0 aliphatic carbocycles. The number of carboxylic acid groups (broad SMARTS) is 4. The van der Waals surface area contributed by atoms with Crippen molar-refractivity contribution in [1.82, 2.24) is 0 Å². The Balaban J connectivity index is -0.000000282. The van der Waals surface area contributed by atoms with Crippen molar-refractivity contribution in [3.63, 3.8) is 0 Å². The van der Waals surface area contributed by atoms with Gasteiger partial charge < -0.3 is 87.9 Å². The molecule has 21 heteroatoms. The van der Waals surface area contributed by atoms with Gasteiger partial charge in [-0.15, -0.1) is 0 Å². The van der Waals surface area contributed by atoms with E-state index in [-0.39, 0.29) is 90.2 Å². The number of phenolic OH excluding ortho intramolecular Hbond substituents is 8. The van der Waals surface area contributed by atoms with E-state index < -0.39 is 23.9 Å². The number of benzene rings is 4. The predicted octanol–water partition coefficient (Wildman–Crippen LogP) is 0.682. The van der Waals surface area contributed by atoms with Crippen LogP contribution in [0, 0.1) is 0 Å². The highest BCUT2D eigenvalue weighted by atomic mass is 16.5. The highest BCUT2D eigenvalue weighted by molar-refractivity contribution is 5.90. The summed E-state index contributed by atoms with van der Waals surface area (Å²) in [7, 11) is 0. The van der Waals surface area contributed by atoms with Crippen molar-refractivity contribution >= 4 is 23.9 Å². The lowest BCUT2D eigenvalue weighted by Crippen LogP contribution is -1.94. The SMILES string of the molecule is C1CCOC1.O.O.O.O.O=C(O)c1cc(O)cc(O)c1.O=C(O)c1cc(O)cc(O)c1.O=C(O)c1cc(O)cc(O)c1.O=C(O)c1cc(O)cc(O)c1. The molecule has 1 saturated heterocycles. The van der Waals surface area contributed by atoms with Gasteiger partial charge in [-0.2, -0.15) is 0 Å². The molecule has 0 unspecified atom stereocenters. The Morgan fingerprint density at radius 3 is 0.585 bits per heavy atom. The Hall–Kier alpha value is -7.04. The second-order valence-electron chi connectivity index (χ2n) is 9.49. The molecule has 0 saturated carbocycles. The maximum atomic E-state index is 10.3. The van der Waals surface area contributed by atoms with E-state index in [1.807, 2.05) is 0 Å². The molecule has 4 aromatic carbocycles. The lowest BCUT2D eigenvalue weighted by molar-refractivity contribution is 0.0685. The van der Waals surface area contributed by atoms with Crippen molar-refractivity contribution in [1.29, 1.82) is 0 Å². The molecule has 1 fully saturated rings. The largest absolute Gasteiger partial charge is 0.508 e. The third-order valence-electron chi connectivity index (χ3n) is 5.43. The second kappa shape index (κ2) is 25.9. The Labute approximate surface area is 298 Å². The highest BCUT2D eigenvalue weighted by Gasteiger charge is 2.07. The molecule has 1 aliphatic heterocycles. The van der Waals surface area contributed by atoms with E-state index in [1.165, 1.54) is 12.8 Å². The van der Waals surface area contributed by atoms with Gasteiger partial charge in [0.15, 0.2) is 0 Å². The normalized spacial score (nSPS) is 10.1. The van der Waals surface area contributed by atoms with Gasteiger partial charge in [-0.1, -0.05) is 0 Å². The number of carbonyl (C=O) groups is 4. The van der Waals surface area contributed by atoms with Crippen LogP contribution in [0.2, 0.25) is 0 Å². The van der Waals surface area contributed by atoms with E-state index in [0.717, 1.165) is 86.0 Å². The maximum absolute atomic E-state index is 10.3. The van der Waals surface area contributed by atoms with Gasteiger partial charge in [-0.05, 0) is 61.4 Å². The third kappa shape index (κ3) is 21.6. The molecule has 5 rings (SSSR count). The smallest absolute Gasteiger partial charge is 0.335 e. The maximum Gasteiger partial charge on any atom is 0.335 e. The fourth-order valence-electron chi connectivity index (χ4n) is 3.38. The summed E-state index contributed by atoms with van der Waals surface area (Å²) >= 11 is 0. The zero-order valence-corrected chi connectivity index (χ0v) is 27.2. The first-order chi connectivity index (χ1) is 22.9. The minimum atomic E-state index is -1.18. The molecule has 1 heterocycles. The van der Waals surface area contributed by atoms with Gasteiger partial charge in [-0.25, -0.2) is 19.2 Å². The molecule has 4 aromatic rings. The standard InChI is InChI=1S/4C7H6O4.C4H8O.4H2O/c4*8-5-1-4(7(10)11)2-6(9)3-5;1-2-4-5-3-1;;;;/h4*1-3,8-9H,(H,10,11);1-4H2;4*1H2. The lowest BCUT2D eigenvalue weighted by atomic mass is 10.2. The summed E-state index contributed by atoms with van der Waals surface area (Å²) < 4.78 is 4.94. The van der Waals surface area contributed by atoms with Crippen molar-refractivity contribution in [2.24, 2.45) is 0 Å². The average Bonchev–Trinajstić information content (AvgIpc) is 3.57. The Bertz CT molecular complexity index is 1420. The predicted molar refractivity (Wildman–Crippen MR) is 181 cm³/mol. The van der Waals surface area contributed by atoms with E-state index in [2.05, 4.69) is 0 Å². The van der Waals surface area contributed by atoms with Crippen molar-refractivity contribution in [3.8, 4) is 46.0 Å². The monoisotopic (exact) mass is 760 g/mol. The second-order valence-corrected chi connectivity index (χ2v) is 9.49. The van der Waals surface area contributed by atoms with Gasteiger partial charge in [0.05, 0.1) is 22.3 Å². The number of aromatic hydroxyl groups is 8. The first-order valence-corrected chi connectivity index (χ1v) is 13.5. The van der Waals surface area contributed by atoms with Crippen molar-refractivity contribution in [2.45, 2.75) is 12.8 Å².